The van der Waals surface area contributed by atoms with E-state index in [0.717, 1.165) is 17.5 Å². The highest BCUT2D eigenvalue weighted by Crippen LogP contribution is 2.27. The lowest BCUT2D eigenvalue weighted by atomic mass is 10.0. The molecular weight excluding hydrogens is 303 g/mol. The lowest BCUT2D eigenvalue weighted by molar-refractivity contribution is 0.519. The van der Waals surface area contributed by atoms with Crippen LogP contribution in [0.25, 0.3) is 0 Å². The first-order valence-electron chi connectivity index (χ1n) is 6.81. The molecule has 0 heterocycles. The van der Waals surface area contributed by atoms with Gasteiger partial charge in [0.15, 0.2) is 0 Å². The number of nitrogens with one attached hydrogen (secondary N) is 1. The van der Waals surface area contributed by atoms with Crippen LogP contribution in [0.15, 0.2) is 42.5 Å². The molecule has 0 aliphatic heterocycles. The van der Waals surface area contributed by atoms with Gasteiger partial charge in [-0.3, -0.25) is 0 Å². The van der Waals surface area contributed by atoms with E-state index in [1.807, 2.05) is 36.4 Å². The minimum Gasteiger partial charge on any atom is -0.306 e. The Balaban J connectivity index is 2.08. The summed E-state index contributed by atoms with van der Waals surface area (Å²) in [5.41, 5.74) is 2.88. The van der Waals surface area contributed by atoms with Gasteiger partial charge in [-0.15, -0.1) is 0 Å². The van der Waals surface area contributed by atoms with Crippen LogP contribution in [0.5, 0.6) is 0 Å². The van der Waals surface area contributed by atoms with Crippen LogP contribution in [-0.2, 0) is 6.54 Å². The molecule has 2 nitrogen and oxygen atoms in total. The second-order valence-electron chi connectivity index (χ2n) is 4.83. The number of nitrogens with zero attached hydrogens (tertiary/aromatic N) is 1. The Morgan fingerprint density at radius 3 is 2.62 bits per heavy atom. The first kappa shape index (κ1) is 15.9. The maximum absolute atomic E-state index is 8.92. The van der Waals surface area contributed by atoms with Crippen LogP contribution in [0.1, 0.15) is 36.1 Å². The molecule has 2 aromatic carbocycles. The Bertz CT molecular complexity index is 662. The standard InChI is InChI=1S/C17H16Cl2N2/c1-2-17(14-6-7-15(18)16(19)9-14)21-11-13-5-3-4-12(8-13)10-20/h3-9,17,21H,2,11H2,1H3. The molecule has 0 amide bonds. The zero-order valence-corrected chi connectivity index (χ0v) is 13.2. The molecule has 0 aromatic heterocycles. The summed E-state index contributed by atoms with van der Waals surface area (Å²) in [6, 6.07) is 15.7. The van der Waals surface area contributed by atoms with E-state index in [2.05, 4.69) is 18.3 Å². The van der Waals surface area contributed by atoms with Crippen LogP contribution in [0.3, 0.4) is 0 Å². The van der Waals surface area contributed by atoms with Gasteiger partial charge in [-0.1, -0.05) is 48.3 Å². The second-order valence-corrected chi connectivity index (χ2v) is 5.64. The van der Waals surface area contributed by atoms with Gasteiger partial charge in [-0.2, -0.15) is 5.26 Å². The molecule has 0 radical (unpaired) electrons. The summed E-state index contributed by atoms with van der Waals surface area (Å²) >= 11 is 12.0. The number of nitriles is 1. The molecule has 2 aromatic rings. The molecule has 4 heteroatoms. The quantitative estimate of drug-likeness (QED) is 0.831. The van der Waals surface area contributed by atoms with E-state index in [1.165, 1.54) is 0 Å². The number of hydrogen-bond acceptors (Lipinski definition) is 2. The molecule has 0 aliphatic rings. The van der Waals surface area contributed by atoms with Gasteiger partial charge in [-0.25, -0.2) is 0 Å². The lowest BCUT2D eigenvalue weighted by Crippen LogP contribution is -2.20. The van der Waals surface area contributed by atoms with Crippen LogP contribution < -0.4 is 5.32 Å². The molecule has 0 saturated heterocycles. The Morgan fingerprint density at radius 1 is 1.14 bits per heavy atom. The highest BCUT2D eigenvalue weighted by atomic mass is 35.5. The average molecular weight is 319 g/mol. The van der Waals surface area contributed by atoms with Crippen molar-refractivity contribution < 1.29 is 0 Å². The lowest BCUT2D eigenvalue weighted by Gasteiger charge is -2.18. The predicted molar refractivity (Wildman–Crippen MR) is 87.5 cm³/mol. The van der Waals surface area contributed by atoms with Gasteiger partial charge < -0.3 is 5.32 Å². The van der Waals surface area contributed by atoms with Gasteiger partial charge >= 0.3 is 0 Å². The van der Waals surface area contributed by atoms with Crippen molar-refractivity contribution in [3.8, 4) is 6.07 Å². The molecule has 1 N–H and O–H groups in total. The van der Waals surface area contributed by atoms with Crippen molar-refractivity contribution in [1.82, 2.24) is 5.32 Å². The molecule has 0 aliphatic carbocycles. The fraction of sp³-hybridized carbons (Fsp3) is 0.235. The Morgan fingerprint density at radius 2 is 1.95 bits per heavy atom. The Kier molecular flexibility index (Phi) is 5.64. The third-order valence-electron chi connectivity index (χ3n) is 3.36. The first-order chi connectivity index (χ1) is 10.1. The van der Waals surface area contributed by atoms with E-state index in [4.69, 9.17) is 28.5 Å². The maximum atomic E-state index is 8.92. The van der Waals surface area contributed by atoms with Gasteiger partial charge in [0.1, 0.15) is 0 Å². The monoisotopic (exact) mass is 318 g/mol. The van der Waals surface area contributed by atoms with Gasteiger partial charge in [0.25, 0.3) is 0 Å². The van der Waals surface area contributed by atoms with Gasteiger partial charge in [-0.05, 0) is 41.8 Å². The fourth-order valence-electron chi connectivity index (χ4n) is 2.22. The van der Waals surface area contributed by atoms with E-state index in [-0.39, 0.29) is 6.04 Å². The molecule has 0 saturated carbocycles. The van der Waals surface area contributed by atoms with Crippen molar-refractivity contribution in [1.29, 1.82) is 5.26 Å². The average Bonchev–Trinajstić information content (AvgIpc) is 2.51. The summed E-state index contributed by atoms with van der Waals surface area (Å²) in [5, 5.41) is 13.5. The topological polar surface area (TPSA) is 35.8 Å². The van der Waals surface area contributed by atoms with Crippen molar-refractivity contribution in [2.24, 2.45) is 0 Å². The minimum absolute atomic E-state index is 0.200. The summed E-state index contributed by atoms with van der Waals surface area (Å²) in [6.07, 6.45) is 0.940. The third-order valence-corrected chi connectivity index (χ3v) is 4.10. The fourth-order valence-corrected chi connectivity index (χ4v) is 2.53. The molecular formula is C17H16Cl2N2. The largest absolute Gasteiger partial charge is 0.306 e. The van der Waals surface area contributed by atoms with E-state index >= 15 is 0 Å². The number of hydrogen-bond donors (Lipinski definition) is 1. The molecule has 1 unspecified atom stereocenters. The Labute approximate surface area is 135 Å². The minimum atomic E-state index is 0.200. The summed E-state index contributed by atoms with van der Waals surface area (Å²) in [6.45, 7) is 2.82. The summed E-state index contributed by atoms with van der Waals surface area (Å²) in [5.74, 6) is 0. The molecule has 0 fully saturated rings. The highest BCUT2D eigenvalue weighted by Gasteiger charge is 2.10. The number of rotatable bonds is 5. The van der Waals surface area contributed by atoms with Crippen molar-refractivity contribution in [2.75, 3.05) is 0 Å². The summed E-state index contributed by atoms with van der Waals surface area (Å²) < 4.78 is 0. The van der Waals surface area contributed by atoms with Crippen molar-refractivity contribution >= 4 is 23.2 Å². The zero-order valence-electron chi connectivity index (χ0n) is 11.7. The Hall–Kier alpha value is -1.53. The van der Waals surface area contributed by atoms with Crippen LogP contribution in [0.4, 0.5) is 0 Å². The van der Waals surface area contributed by atoms with Gasteiger partial charge in [0.05, 0.1) is 21.7 Å². The van der Waals surface area contributed by atoms with Crippen molar-refractivity contribution in [2.45, 2.75) is 25.9 Å². The maximum Gasteiger partial charge on any atom is 0.0991 e. The summed E-state index contributed by atoms with van der Waals surface area (Å²) in [7, 11) is 0. The SMILES string of the molecule is CCC(NCc1cccc(C#N)c1)c1ccc(Cl)c(Cl)c1. The van der Waals surface area contributed by atoms with Crippen LogP contribution in [0.2, 0.25) is 10.0 Å². The van der Waals surface area contributed by atoms with Crippen LogP contribution in [-0.4, -0.2) is 0 Å². The number of halogens is 2. The molecule has 0 spiro atoms. The molecule has 21 heavy (non-hydrogen) atoms. The molecule has 1 atom stereocenters. The van der Waals surface area contributed by atoms with Gasteiger partial charge in [0, 0.05) is 12.6 Å². The molecule has 108 valence electrons. The van der Waals surface area contributed by atoms with E-state index in [9.17, 15) is 0 Å². The van der Waals surface area contributed by atoms with Gasteiger partial charge in [0.2, 0.25) is 0 Å². The van der Waals surface area contributed by atoms with Crippen LogP contribution >= 0.6 is 23.2 Å². The zero-order chi connectivity index (χ0) is 15.2. The second kappa shape index (κ2) is 7.47. The van der Waals surface area contributed by atoms with E-state index < -0.39 is 0 Å². The van der Waals surface area contributed by atoms with E-state index in [1.54, 1.807) is 6.07 Å². The van der Waals surface area contributed by atoms with Crippen molar-refractivity contribution in [3.63, 3.8) is 0 Å². The molecule has 0 bridgehead atoms. The summed E-state index contributed by atoms with van der Waals surface area (Å²) in [4.78, 5) is 0. The highest BCUT2D eigenvalue weighted by molar-refractivity contribution is 6.42. The number of benzene rings is 2. The normalized spacial score (nSPS) is 11.9. The predicted octanol–water partition coefficient (Wildman–Crippen LogP) is 5.11. The van der Waals surface area contributed by atoms with Crippen LogP contribution in [0, 0.1) is 11.3 Å². The van der Waals surface area contributed by atoms with E-state index in [0.29, 0.717) is 22.2 Å². The molecule has 2 rings (SSSR count). The van der Waals surface area contributed by atoms with Crippen molar-refractivity contribution in [3.05, 3.63) is 69.2 Å². The first-order valence-corrected chi connectivity index (χ1v) is 7.57. The third kappa shape index (κ3) is 4.22. The smallest absolute Gasteiger partial charge is 0.0991 e.